The molecule has 98 valence electrons. The monoisotopic (exact) mass is 257 g/mol. The lowest BCUT2D eigenvalue weighted by Gasteiger charge is -2.19. The molecule has 1 aromatic heterocycles. The highest BCUT2D eigenvalue weighted by atomic mass is 32.1. The molecule has 0 aromatic carbocycles. The number of aromatic nitrogens is 1. The molecule has 17 heavy (non-hydrogen) atoms. The van der Waals surface area contributed by atoms with Crippen molar-refractivity contribution in [2.45, 2.75) is 33.4 Å². The van der Waals surface area contributed by atoms with Crippen LogP contribution in [0.3, 0.4) is 0 Å². The Kier molecular flexibility index (Phi) is 5.88. The molecule has 0 radical (unpaired) electrons. The number of hydrogen-bond donors (Lipinski definition) is 1. The maximum Gasteiger partial charge on any atom is 0.185 e. The standard InChI is InChI=1S/C12H23N3OS/c1-5-9(2)7-15(3)12-14-10(8-16-4)11(6-13)17-12/h9H,5-8,13H2,1-4H3. The first-order chi connectivity index (χ1) is 8.12. The van der Waals surface area contributed by atoms with E-state index >= 15 is 0 Å². The van der Waals surface area contributed by atoms with E-state index in [1.807, 2.05) is 0 Å². The van der Waals surface area contributed by atoms with Gasteiger partial charge in [-0.1, -0.05) is 20.3 Å². The van der Waals surface area contributed by atoms with Gasteiger partial charge in [-0.15, -0.1) is 11.3 Å². The van der Waals surface area contributed by atoms with Crippen LogP contribution in [0, 0.1) is 5.92 Å². The van der Waals surface area contributed by atoms with Crippen molar-refractivity contribution in [2.24, 2.45) is 11.7 Å². The van der Waals surface area contributed by atoms with Crippen molar-refractivity contribution in [3.8, 4) is 0 Å². The molecule has 0 aliphatic rings. The molecule has 1 unspecified atom stereocenters. The largest absolute Gasteiger partial charge is 0.378 e. The first-order valence-corrected chi connectivity index (χ1v) is 6.82. The highest BCUT2D eigenvalue weighted by Crippen LogP contribution is 2.26. The normalized spacial score (nSPS) is 12.8. The van der Waals surface area contributed by atoms with Crippen molar-refractivity contribution >= 4 is 16.5 Å². The lowest BCUT2D eigenvalue weighted by Crippen LogP contribution is -2.23. The summed E-state index contributed by atoms with van der Waals surface area (Å²) >= 11 is 1.67. The van der Waals surface area contributed by atoms with Gasteiger partial charge in [0.1, 0.15) is 0 Å². The molecule has 0 fully saturated rings. The Morgan fingerprint density at radius 1 is 1.53 bits per heavy atom. The van der Waals surface area contributed by atoms with Crippen molar-refractivity contribution in [3.05, 3.63) is 10.6 Å². The fourth-order valence-corrected chi connectivity index (χ4v) is 2.53. The highest BCUT2D eigenvalue weighted by Gasteiger charge is 2.14. The third-order valence-electron chi connectivity index (χ3n) is 2.84. The Balaban J connectivity index is 2.76. The first-order valence-electron chi connectivity index (χ1n) is 6.01. The van der Waals surface area contributed by atoms with E-state index in [1.54, 1.807) is 18.4 Å². The molecule has 5 heteroatoms. The summed E-state index contributed by atoms with van der Waals surface area (Å²) < 4.78 is 5.14. The molecule has 0 spiro atoms. The van der Waals surface area contributed by atoms with E-state index in [4.69, 9.17) is 10.5 Å². The second-order valence-corrected chi connectivity index (χ2v) is 5.46. The predicted molar refractivity (Wildman–Crippen MR) is 73.4 cm³/mol. The van der Waals surface area contributed by atoms with Crippen LogP contribution in [0.2, 0.25) is 0 Å². The fourth-order valence-electron chi connectivity index (χ4n) is 1.62. The minimum atomic E-state index is 0.535. The van der Waals surface area contributed by atoms with Gasteiger partial charge in [0.05, 0.1) is 12.3 Å². The van der Waals surface area contributed by atoms with Crippen LogP contribution in [-0.2, 0) is 17.9 Å². The Hall–Kier alpha value is -0.650. The van der Waals surface area contributed by atoms with E-state index < -0.39 is 0 Å². The minimum Gasteiger partial charge on any atom is -0.378 e. The van der Waals surface area contributed by atoms with Crippen LogP contribution in [0.25, 0.3) is 0 Å². The van der Waals surface area contributed by atoms with Crippen LogP contribution < -0.4 is 10.6 Å². The summed E-state index contributed by atoms with van der Waals surface area (Å²) in [6, 6.07) is 0. The third kappa shape index (κ3) is 3.94. The summed E-state index contributed by atoms with van der Waals surface area (Å²) in [6.07, 6.45) is 1.18. The summed E-state index contributed by atoms with van der Waals surface area (Å²) in [5.74, 6) is 0.677. The maximum atomic E-state index is 5.72. The molecule has 1 heterocycles. The van der Waals surface area contributed by atoms with Crippen LogP contribution >= 0.6 is 11.3 Å². The Bertz CT molecular complexity index is 340. The SMILES string of the molecule is CCC(C)CN(C)c1nc(COC)c(CN)s1. The van der Waals surface area contributed by atoms with Gasteiger partial charge >= 0.3 is 0 Å². The Morgan fingerprint density at radius 2 is 2.24 bits per heavy atom. The molecule has 1 atom stereocenters. The Morgan fingerprint density at radius 3 is 2.76 bits per heavy atom. The summed E-state index contributed by atoms with van der Waals surface area (Å²) in [4.78, 5) is 7.93. The molecule has 0 saturated carbocycles. The van der Waals surface area contributed by atoms with Gasteiger partial charge in [-0.2, -0.15) is 0 Å². The zero-order chi connectivity index (χ0) is 12.8. The number of nitrogens with two attached hydrogens (primary N) is 1. The maximum absolute atomic E-state index is 5.72. The average molecular weight is 257 g/mol. The van der Waals surface area contributed by atoms with Gasteiger partial charge in [-0.3, -0.25) is 0 Å². The first kappa shape index (κ1) is 14.4. The molecule has 1 rings (SSSR count). The second kappa shape index (κ2) is 6.93. The molecule has 2 N–H and O–H groups in total. The lowest BCUT2D eigenvalue weighted by atomic mass is 10.1. The smallest absolute Gasteiger partial charge is 0.185 e. The van der Waals surface area contributed by atoms with Crippen LogP contribution in [0.15, 0.2) is 0 Å². The summed E-state index contributed by atoms with van der Waals surface area (Å²) in [5, 5.41) is 1.04. The molecule has 0 aliphatic heterocycles. The fraction of sp³-hybridized carbons (Fsp3) is 0.750. The molecule has 0 amide bonds. The number of hydrogen-bond acceptors (Lipinski definition) is 5. The van der Waals surface area contributed by atoms with Crippen LogP contribution in [0.1, 0.15) is 30.8 Å². The van der Waals surface area contributed by atoms with Gasteiger partial charge in [0.15, 0.2) is 5.13 Å². The molecular weight excluding hydrogens is 234 g/mol. The van der Waals surface area contributed by atoms with E-state index in [-0.39, 0.29) is 0 Å². The van der Waals surface area contributed by atoms with E-state index in [0.717, 1.165) is 22.2 Å². The number of anilines is 1. The number of nitrogens with zero attached hydrogens (tertiary/aromatic N) is 2. The second-order valence-electron chi connectivity index (χ2n) is 4.40. The zero-order valence-corrected chi connectivity index (χ0v) is 12.0. The molecular formula is C12H23N3OS. The van der Waals surface area contributed by atoms with Crippen LogP contribution in [-0.4, -0.2) is 25.7 Å². The van der Waals surface area contributed by atoms with Gasteiger partial charge in [0, 0.05) is 32.1 Å². The quantitative estimate of drug-likeness (QED) is 0.814. The number of methoxy groups -OCH3 is 1. The van der Waals surface area contributed by atoms with E-state index in [1.165, 1.54) is 6.42 Å². The van der Waals surface area contributed by atoms with Crippen LogP contribution in [0.4, 0.5) is 5.13 Å². The minimum absolute atomic E-state index is 0.535. The van der Waals surface area contributed by atoms with Gasteiger partial charge in [0.25, 0.3) is 0 Å². The number of ether oxygens (including phenoxy) is 1. The van der Waals surface area contributed by atoms with Crippen molar-refractivity contribution in [1.82, 2.24) is 4.98 Å². The highest BCUT2D eigenvalue weighted by molar-refractivity contribution is 7.15. The van der Waals surface area contributed by atoms with Gasteiger partial charge in [-0.05, 0) is 5.92 Å². The molecule has 0 bridgehead atoms. The Labute approximate surface area is 108 Å². The molecule has 4 nitrogen and oxygen atoms in total. The van der Waals surface area contributed by atoms with E-state index in [0.29, 0.717) is 19.1 Å². The molecule has 0 aliphatic carbocycles. The van der Waals surface area contributed by atoms with Crippen molar-refractivity contribution in [3.63, 3.8) is 0 Å². The summed E-state index contributed by atoms with van der Waals surface area (Å²) in [7, 11) is 3.77. The van der Waals surface area contributed by atoms with Gasteiger partial charge in [0.2, 0.25) is 0 Å². The summed E-state index contributed by atoms with van der Waals surface area (Å²) in [5.41, 5.74) is 6.70. The van der Waals surface area contributed by atoms with E-state index in [9.17, 15) is 0 Å². The van der Waals surface area contributed by atoms with E-state index in [2.05, 4.69) is 30.8 Å². The van der Waals surface area contributed by atoms with Crippen molar-refractivity contribution in [2.75, 3.05) is 25.6 Å². The van der Waals surface area contributed by atoms with Crippen molar-refractivity contribution in [1.29, 1.82) is 0 Å². The number of rotatable bonds is 7. The molecule has 0 saturated heterocycles. The van der Waals surface area contributed by atoms with Crippen LogP contribution in [0.5, 0.6) is 0 Å². The zero-order valence-electron chi connectivity index (χ0n) is 11.2. The summed E-state index contributed by atoms with van der Waals surface area (Å²) in [6.45, 7) is 6.57. The van der Waals surface area contributed by atoms with Gasteiger partial charge < -0.3 is 15.4 Å². The average Bonchev–Trinajstić information content (AvgIpc) is 2.72. The van der Waals surface area contributed by atoms with Gasteiger partial charge in [-0.25, -0.2) is 4.98 Å². The number of thiazole rings is 1. The predicted octanol–water partition coefficient (Wildman–Crippen LogP) is 2.23. The topological polar surface area (TPSA) is 51.4 Å². The van der Waals surface area contributed by atoms with Crippen molar-refractivity contribution < 1.29 is 4.74 Å². The lowest BCUT2D eigenvalue weighted by molar-refractivity contribution is 0.181. The molecule has 1 aromatic rings. The third-order valence-corrected chi connectivity index (χ3v) is 4.08.